The largest absolute Gasteiger partial charge is 0.503 e. The van der Waals surface area contributed by atoms with Crippen molar-refractivity contribution in [3.63, 3.8) is 0 Å². The molecule has 0 spiro atoms. The monoisotopic (exact) mass is 1030 g/mol. The molecule has 3 fully saturated rings. The Morgan fingerprint density at radius 3 is 2.03 bits per heavy atom. The van der Waals surface area contributed by atoms with Gasteiger partial charge in [-0.2, -0.15) is 31.4 Å². The van der Waals surface area contributed by atoms with Crippen molar-refractivity contribution in [2.75, 3.05) is 24.5 Å². The number of benzene rings is 4. The first-order valence-electron chi connectivity index (χ1n) is 18.5. The number of amides is 4. The third-order valence-electron chi connectivity index (χ3n) is 12.1. The number of halogens is 10. The van der Waals surface area contributed by atoms with E-state index >= 15 is 9.59 Å². The van der Waals surface area contributed by atoms with Gasteiger partial charge in [-0.05, 0) is 116 Å². The number of imide groups is 2. The van der Waals surface area contributed by atoms with Crippen molar-refractivity contribution in [3.05, 3.63) is 120 Å². The van der Waals surface area contributed by atoms with Gasteiger partial charge in [0.05, 0.1) is 69.4 Å². The molecule has 0 bridgehead atoms. The van der Waals surface area contributed by atoms with Gasteiger partial charge in [0.25, 0.3) is 11.8 Å². The van der Waals surface area contributed by atoms with Crippen LogP contribution < -0.4 is 19.8 Å². The second-order valence-corrected chi connectivity index (χ2v) is 17.6. The molecule has 4 aromatic carbocycles. The average molecular weight is 1030 g/mol. The number of anilines is 2. The van der Waals surface area contributed by atoms with Gasteiger partial charge in [-0.25, -0.2) is 4.90 Å². The van der Waals surface area contributed by atoms with Crippen LogP contribution in [0, 0.1) is 23.7 Å². The van der Waals surface area contributed by atoms with E-state index in [0.29, 0.717) is 33.9 Å². The molecule has 20 heteroatoms. The molecule has 0 aromatic heterocycles. The van der Waals surface area contributed by atoms with Crippen LogP contribution in [0.15, 0.2) is 87.3 Å². The predicted molar refractivity (Wildman–Crippen MR) is 220 cm³/mol. The van der Waals surface area contributed by atoms with Gasteiger partial charge in [-0.3, -0.25) is 24.6 Å². The van der Waals surface area contributed by atoms with Crippen molar-refractivity contribution in [2.24, 2.45) is 23.7 Å². The highest BCUT2D eigenvalue weighted by molar-refractivity contribution is 9.13. The van der Waals surface area contributed by atoms with Crippen molar-refractivity contribution >= 4 is 90.1 Å². The molecule has 6 atom stereocenters. The molecule has 2 aliphatic carbocycles. The summed E-state index contributed by atoms with van der Waals surface area (Å²) in [6.45, 7) is 0. The van der Waals surface area contributed by atoms with E-state index in [-0.39, 0.29) is 60.6 Å². The fraction of sp³-hybridized carbons (Fsp3) is 0.286. The number of phenols is 1. The molecule has 4 aliphatic rings. The van der Waals surface area contributed by atoms with Crippen LogP contribution >= 0.6 is 55.1 Å². The van der Waals surface area contributed by atoms with E-state index in [1.54, 1.807) is 30.3 Å². The van der Waals surface area contributed by atoms with E-state index in [4.69, 9.17) is 32.7 Å². The highest BCUT2D eigenvalue weighted by Crippen LogP contribution is 2.66. The number of phenolic OH excluding ortho intramolecular Hbond substituents is 1. The molecule has 2 N–H and O–H groups in total. The number of aromatic hydroxyl groups is 1. The lowest BCUT2D eigenvalue weighted by molar-refractivity contribution is -0.143. The van der Waals surface area contributed by atoms with Crippen LogP contribution in [0.4, 0.5) is 37.7 Å². The number of hydrogen-bond donors (Lipinski definition) is 2. The number of nitrogens with zero attached hydrogens (tertiary/aromatic N) is 2. The minimum atomic E-state index is -5.27. The summed E-state index contributed by atoms with van der Waals surface area (Å²) in [5.41, 5.74) is -2.33. The Kier molecular flexibility index (Phi) is 11.0. The summed E-state index contributed by atoms with van der Waals surface area (Å²) in [7, 11) is 2.72. The Morgan fingerprint density at radius 1 is 0.806 bits per heavy atom. The third kappa shape index (κ3) is 6.74. The second kappa shape index (κ2) is 15.5. The number of carbonyl (C=O) groups excluding carboxylic acids is 4. The number of alkyl halides is 6. The van der Waals surface area contributed by atoms with Gasteiger partial charge in [-0.15, -0.1) is 0 Å². The molecule has 1 saturated carbocycles. The lowest BCUT2D eigenvalue weighted by Crippen LogP contribution is -2.53. The number of nitrogens with one attached hydrogen (secondary N) is 1. The number of fused-ring (bicyclic) bond motifs is 4. The average Bonchev–Trinajstić information content (AvgIpc) is 3.61. The van der Waals surface area contributed by atoms with Crippen molar-refractivity contribution in [2.45, 2.75) is 36.5 Å². The molecule has 0 unspecified atom stereocenters. The molecule has 8 rings (SSSR count). The zero-order valence-corrected chi connectivity index (χ0v) is 36.5. The van der Waals surface area contributed by atoms with E-state index in [0.717, 1.165) is 5.01 Å². The van der Waals surface area contributed by atoms with Gasteiger partial charge in [-0.1, -0.05) is 47.0 Å². The predicted octanol–water partition coefficient (Wildman–Crippen LogP) is 10.5. The lowest BCUT2D eigenvalue weighted by atomic mass is 9.49. The van der Waals surface area contributed by atoms with Crippen LogP contribution in [0.25, 0.3) is 0 Å². The molecule has 4 amide bonds. The Labute approximate surface area is 375 Å². The summed E-state index contributed by atoms with van der Waals surface area (Å²) in [6, 6.07) is 12.7. The topological polar surface area (TPSA) is 125 Å². The van der Waals surface area contributed by atoms with Crippen molar-refractivity contribution in [1.82, 2.24) is 5.01 Å². The maximum absolute atomic E-state index is 15.6. The van der Waals surface area contributed by atoms with E-state index in [1.807, 2.05) is 0 Å². The third-order valence-corrected chi connectivity index (χ3v) is 14.8. The second-order valence-electron chi connectivity index (χ2n) is 15.1. The Balaban J connectivity index is 1.36. The summed E-state index contributed by atoms with van der Waals surface area (Å²) >= 11 is 19.6. The van der Waals surface area contributed by atoms with Gasteiger partial charge in [0.1, 0.15) is 5.75 Å². The van der Waals surface area contributed by atoms with Crippen molar-refractivity contribution in [3.8, 4) is 17.2 Å². The number of rotatable bonds is 7. The highest BCUT2D eigenvalue weighted by atomic mass is 79.9. The summed E-state index contributed by atoms with van der Waals surface area (Å²) < 4.78 is 95.3. The Bertz CT molecular complexity index is 2600. The molecule has 10 nitrogen and oxygen atoms in total. The van der Waals surface area contributed by atoms with E-state index < -0.39 is 87.8 Å². The highest BCUT2D eigenvalue weighted by Gasteiger charge is 2.71. The van der Waals surface area contributed by atoms with E-state index in [9.17, 15) is 41.0 Å². The molecular formula is C42H29Br2Cl2F6N3O7. The maximum Gasteiger partial charge on any atom is 0.416 e. The summed E-state index contributed by atoms with van der Waals surface area (Å²) in [5, 5.41) is 12.2. The molecule has 4 aromatic rings. The number of ether oxygens (including phenoxy) is 2. The smallest absolute Gasteiger partial charge is 0.416 e. The number of allylic oxidation sites excluding steroid dienone is 2. The zero-order chi connectivity index (χ0) is 45.0. The number of methoxy groups -OCH3 is 2. The van der Waals surface area contributed by atoms with Crippen LogP contribution in [-0.4, -0.2) is 48.0 Å². The quantitative estimate of drug-likeness (QED) is 0.107. The molecule has 0 radical (unpaired) electrons. The number of hydrogen-bond acceptors (Lipinski definition) is 8. The Hall–Kier alpha value is -4.78. The molecule has 2 aliphatic heterocycles. The van der Waals surface area contributed by atoms with Crippen LogP contribution in [0.2, 0.25) is 10.0 Å². The first-order chi connectivity index (χ1) is 29.1. The molecule has 324 valence electrons. The van der Waals surface area contributed by atoms with E-state index in [2.05, 4.69) is 37.3 Å². The van der Waals surface area contributed by atoms with Gasteiger partial charge in [0.15, 0.2) is 11.5 Å². The minimum Gasteiger partial charge on any atom is -0.503 e. The maximum atomic E-state index is 15.6. The van der Waals surface area contributed by atoms with Gasteiger partial charge in [0, 0.05) is 15.4 Å². The van der Waals surface area contributed by atoms with Crippen LogP contribution in [0.1, 0.15) is 41.0 Å². The van der Waals surface area contributed by atoms with E-state index in [1.165, 1.54) is 38.5 Å². The van der Waals surface area contributed by atoms with Crippen LogP contribution in [0.3, 0.4) is 0 Å². The zero-order valence-electron chi connectivity index (χ0n) is 31.8. The molecule has 2 saturated heterocycles. The van der Waals surface area contributed by atoms with Crippen molar-refractivity contribution in [1.29, 1.82) is 0 Å². The molecular weight excluding hydrogens is 1000 g/mol. The minimum absolute atomic E-state index is 0.0515. The fourth-order valence-corrected chi connectivity index (χ4v) is 10.9. The summed E-state index contributed by atoms with van der Waals surface area (Å²) in [5.74, 6) is -10.0. The first-order valence-corrected chi connectivity index (χ1v) is 20.9. The van der Waals surface area contributed by atoms with Crippen molar-refractivity contribution < 1.29 is 60.1 Å². The van der Waals surface area contributed by atoms with Crippen LogP contribution in [0.5, 0.6) is 17.2 Å². The first kappa shape index (κ1) is 43.9. The van der Waals surface area contributed by atoms with Crippen LogP contribution in [-0.2, 0) is 36.9 Å². The number of carbonyl (C=O) groups is 4. The van der Waals surface area contributed by atoms with Gasteiger partial charge in [0.2, 0.25) is 11.8 Å². The van der Waals surface area contributed by atoms with Gasteiger partial charge >= 0.3 is 12.4 Å². The summed E-state index contributed by atoms with van der Waals surface area (Å²) in [4.78, 5) is 59.9. The molecule has 2 heterocycles. The Morgan fingerprint density at radius 2 is 1.45 bits per heavy atom. The van der Waals surface area contributed by atoms with Gasteiger partial charge < -0.3 is 14.6 Å². The SMILES string of the molecule is COc1ccc([C@@]23C(=O)N(Nc4ccc(Cl)cc4Cl)C(=O)[C@@H]2C[C@@H]2C(=CC[C@@H]4C(=O)N(c5cc(C(F)(F)F)cc(C(F)(F)F)c5)C(=O)[C@@H]42)[C@@H]3c2cc(OC)c(O)c(Br)c2Br)cc1. The normalized spacial score (nSPS) is 24.8. The standard InChI is InChI=1S/C42H29Br2Cl2F6N3O7/c1-61-22-6-3-17(4-7-22)40-27(37(58)55(39(40)60)53-29-10-5-20(45)14-28(29)46)15-25-23(32(40)26-16-30(62-2)35(56)34(44)33(26)43)8-9-24-31(25)38(59)54(36(24)57)21-12-18(41(47,48)49)11-19(13-21)42(50,51)52/h3-8,10-14,16,24-25,27,31-32,53,56H,9,15H2,1-2H3/t24-,25+,27-,31-,32+,40+/m0/s1. The summed E-state index contributed by atoms with van der Waals surface area (Å²) in [6.07, 6.45) is -9.43. The number of hydrazine groups is 1. The lowest BCUT2D eigenvalue weighted by Gasteiger charge is -2.51. The molecule has 62 heavy (non-hydrogen) atoms. The fourth-order valence-electron chi connectivity index (χ4n) is 9.49.